The number of anilines is 1. The lowest BCUT2D eigenvalue weighted by molar-refractivity contribution is 0.102. The number of carbonyl (C=O) groups is 1. The van der Waals surface area contributed by atoms with Gasteiger partial charge in [-0.15, -0.1) is 0 Å². The van der Waals surface area contributed by atoms with Gasteiger partial charge in [0.25, 0.3) is 0 Å². The van der Waals surface area contributed by atoms with Gasteiger partial charge in [0.1, 0.15) is 0 Å². The molecule has 1 aromatic rings. The summed E-state index contributed by atoms with van der Waals surface area (Å²) in [4.78, 5) is 19.1. The molecule has 2 heterocycles. The summed E-state index contributed by atoms with van der Waals surface area (Å²) in [5.41, 5.74) is 0.884. The Hall–Kier alpha value is -0.900. The molecule has 1 unspecified atom stereocenters. The van der Waals surface area contributed by atoms with Gasteiger partial charge in [0.15, 0.2) is 10.9 Å². The van der Waals surface area contributed by atoms with Gasteiger partial charge >= 0.3 is 0 Å². The van der Waals surface area contributed by atoms with Crippen LogP contribution >= 0.6 is 11.3 Å². The molecular formula is C13H20N2OS. The largest absolute Gasteiger partial charge is 0.348 e. The van der Waals surface area contributed by atoms with Gasteiger partial charge in [-0.25, -0.2) is 4.98 Å². The highest BCUT2D eigenvalue weighted by Crippen LogP contribution is 2.29. The fourth-order valence-corrected chi connectivity index (χ4v) is 3.31. The van der Waals surface area contributed by atoms with Gasteiger partial charge < -0.3 is 4.90 Å². The summed E-state index contributed by atoms with van der Waals surface area (Å²) in [5.74, 6) is 0.947. The second-order valence-corrected chi connectivity index (χ2v) is 5.97. The van der Waals surface area contributed by atoms with Gasteiger partial charge in [-0.3, -0.25) is 4.79 Å². The van der Waals surface area contributed by atoms with Gasteiger partial charge in [0.2, 0.25) is 0 Å². The Bertz CT molecular complexity index is 414. The van der Waals surface area contributed by atoms with E-state index in [4.69, 9.17) is 0 Å². The third-order valence-electron chi connectivity index (χ3n) is 3.39. The van der Waals surface area contributed by atoms with Crippen molar-refractivity contribution in [3.63, 3.8) is 0 Å². The summed E-state index contributed by atoms with van der Waals surface area (Å²) in [5, 5.41) is 1.03. The summed E-state index contributed by atoms with van der Waals surface area (Å²) in [6, 6.07) is 0. The van der Waals surface area contributed by atoms with E-state index in [-0.39, 0.29) is 5.78 Å². The number of Topliss-reactive ketones (excluding diaryl/α,β-unsaturated/α-hetero) is 1. The van der Waals surface area contributed by atoms with Crippen molar-refractivity contribution in [1.29, 1.82) is 0 Å². The first kappa shape index (κ1) is 12.6. The molecule has 1 atom stereocenters. The molecule has 0 amide bonds. The van der Waals surface area contributed by atoms with Crippen LogP contribution in [0.5, 0.6) is 0 Å². The van der Waals surface area contributed by atoms with Crippen molar-refractivity contribution in [2.45, 2.75) is 40.0 Å². The van der Waals surface area contributed by atoms with Gasteiger partial charge in [-0.1, -0.05) is 18.3 Å². The Morgan fingerprint density at radius 2 is 2.18 bits per heavy atom. The zero-order valence-corrected chi connectivity index (χ0v) is 11.6. The normalized spacial score (nSPS) is 21.4. The fraction of sp³-hybridized carbons (Fsp3) is 0.692. The third-order valence-corrected chi connectivity index (χ3v) is 4.71. The van der Waals surface area contributed by atoms with Crippen LogP contribution in [0.2, 0.25) is 0 Å². The quantitative estimate of drug-likeness (QED) is 0.757. The van der Waals surface area contributed by atoms with Crippen molar-refractivity contribution in [3.05, 3.63) is 10.6 Å². The minimum Gasteiger partial charge on any atom is -0.348 e. The Kier molecular flexibility index (Phi) is 3.82. The van der Waals surface area contributed by atoms with Gasteiger partial charge in [0, 0.05) is 20.0 Å². The molecule has 1 saturated heterocycles. The monoisotopic (exact) mass is 252 g/mol. The second kappa shape index (κ2) is 5.17. The number of aryl methyl sites for hydroxylation is 1. The first-order chi connectivity index (χ1) is 8.08. The molecule has 1 fully saturated rings. The Balaban J connectivity index is 2.16. The number of hydrogen-bond acceptors (Lipinski definition) is 4. The lowest BCUT2D eigenvalue weighted by atomic mass is 10.0. The molecule has 0 aromatic carbocycles. The van der Waals surface area contributed by atoms with Crippen molar-refractivity contribution in [2.75, 3.05) is 18.0 Å². The predicted octanol–water partition coefficient (Wildman–Crippen LogP) is 3.28. The predicted molar refractivity (Wildman–Crippen MR) is 72.1 cm³/mol. The average Bonchev–Trinajstić information content (AvgIpc) is 2.52. The molecule has 1 aliphatic heterocycles. The van der Waals surface area contributed by atoms with Crippen LogP contribution in [0.4, 0.5) is 5.13 Å². The molecule has 0 aliphatic carbocycles. The van der Waals surface area contributed by atoms with Crippen molar-refractivity contribution in [1.82, 2.24) is 4.98 Å². The number of hydrogen-bond donors (Lipinski definition) is 0. The third kappa shape index (κ3) is 2.86. The molecule has 0 radical (unpaired) electrons. The topological polar surface area (TPSA) is 33.2 Å². The zero-order chi connectivity index (χ0) is 12.4. The van der Waals surface area contributed by atoms with Crippen molar-refractivity contribution in [3.8, 4) is 0 Å². The highest BCUT2D eigenvalue weighted by Gasteiger charge is 2.19. The molecule has 94 valence electrons. The van der Waals surface area contributed by atoms with Crippen LogP contribution in [0.25, 0.3) is 0 Å². The first-order valence-electron chi connectivity index (χ1n) is 6.31. The zero-order valence-electron chi connectivity index (χ0n) is 10.8. The summed E-state index contributed by atoms with van der Waals surface area (Å²) >= 11 is 1.55. The summed E-state index contributed by atoms with van der Waals surface area (Å²) in [6.45, 7) is 8.02. The van der Waals surface area contributed by atoms with Gasteiger partial charge in [-0.05, 0) is 32.1 Å². The fourth-order valence-electron chi connectivity index (χ4n) is 2.30. The van der Waals surface area contributed by atoms with Crippen LogP contribution in [0.15, 0.2) is 0 Å². The molecule has 1 aromatic heterocycles. The van der Waals surface area contributed by atoms with E-state index in [9.17, 15) is 4.79 Å². The molecule has 0 spiro atoms. The first-order valence-corrected chi connectivity index (χ1v) is 7.13. The van der Waals surface area contributed by atoms with Crippen LogP contribution in [-0.4, -0.2) is 23.9 Å². The van der Waals surface area contributed by atoms with E-state index in [1.54, 1.807) is 18.3 Å². The Labute approximate surface area is 107 Å². The number of thiazole rings is 1. The van der Waals surface area contributed by atoms with Crippen LogP contribution in [0.3, 0.4) is 0 Å². The highest BCUT2D eigenvalue weighted by atomic mass is 32.1. The van der Waals surface area contributed by atoms with E-state index < -0.39 is 0 Å². The Morgan fingerprint density at radius 1 is 1.41 bits per heavy atom. The number of nitrogens with zero attached hydrogens (tertiary/aromatic N) is 2. The summed E-state index contributed by atoms with van der Waals surface area (Å²) in [6.07, 6.45) is 3.77. The van der Waals surface area contributed by atoms with Crippen LogP contribution in [0, 0.1) is 12.8 Å². The molecular weight excluding hydrogens is 232 g/mol. The van der Waals surface area contributed by atoms with E-state index >= 15 is 0 Å². The smallest absolute Gasteiger partial charge is 0.186 e. The molecule has 17 heavy (non-hydrogen) atoms. The van der Waals surface area contributed by atoms with E-state index in [2.05, 4.69) is 16.8 Å². The Morgan fingerprint density at radius 3 is 2.82 bits per heavy atom. The van der Waals surface area contributed by atoms with E-state index in [0.29, 0.717) is 0 Å². The van der Waals surface area contributed by atoms with E-state index in [1.807, 2.05) is 6.92 Å². The maximum Gasteiger partial charge on any atom is 0.186 e. The van der Waals surface area contributed by atoms with Crippen molar-refractivity contribution in [2.24, 2.45) is 5.92 Å². The standard InChI is InChI=1S/C13H20N2OS/c1-9-5-4-7-15(8-6-9)13-14-10(2)12(17-13)11(3)16/h9H,4-8H2,1-3H3. The number of ketones is 1. The summed E-state index contributed by atoms with van der Waals surface area (Å²) in [7, 11) is 0. The molecule has 0 bridgehead atoms. The number of rotatable bonds is 2. The minimum absolute atomic E-state index is 0.134. The van der Waals surface area contributed by atoms with E-state index in [0.717, 1.165) is 34.7 Å². The SMILES string of the molecule is CC(=O)c1sc(N2CCCC(C)CC2)nc1C. The highest BCUT2D eigenvalue weighted by molar-refractivity contribution is 7.17. The molecule has 4 heteroatoms. The molecule has 3 nitrogen and oxygen atoms in total. The van der Waals surface area contributed by atoms with E-state index in [1.165, 1.54) is 19.3 Å². The number of carbonyl (C=O) groups excluding carboxylic acids is 1. The molecule has 1 aliphatic rings. The maximum absolute atomic E-state index is 11.4. The molecule has 2 rings (SSSR count). The van der Waals surface area contributed by atoms with Crippen molar-refractivity contribution >= 4 is 22.3 Å². The second-order valence-electron chi connectivity index (χ2n) is 4.99. The van der Waals surface area contributed by atoms with Gasteiger partial charge in [0.05, 0.1) is 10.6 Å². The molecule has 0 N–H and O–H groups in total. The molecule has 0 saturated carbocycles. The number of aromatic nitrogens is 1. The average molecular weight is 252 g/mol. The summed E-state index contributed by atoms with van der Waals surface area (Å²) < 4.78 is 0. The lowest BCUT2D eigenvalue weighted by Gasteiger charge is -2.18. The maximum atomic E-state index is 11.4. The van der Waals surface area contributed by atoms with Crippen LogP contribution < -0.4 is 4.90 Å². The van der Waals surface area contributed by atoms with Gasteiger partial charge in [-0.2, -0.15) is 0 Å². The minimum atomic E-state index is 0.134. The van der Waals surface area contributed by atoms with Crippen molar-refractivity contribution < 1.29 is 4.79 Å². The van der Waals surface area contributed by atoms with Crippen LogP contribution in [-0.2, 0) is 0 Å². The lowest BCUT2D eigenvalue weighted by Crippen LogP contribution is -2.23. The van der Waals surface area contributed by atoms with Crippen LogP contribution in [0.1, 0.15) is 48.5 Å².